The molecule has 2 bridgehead atoms. The summed E-state index contributed by atoms with van der Waals surface area (Å²) in [6.45, 7) is 9.47. The Bertz CT molecular complexity index is 741. The van der Waals surface area contributed by atoms with Gasteiger partial charge in [-0.1, -0.05) is 20.8 Å². The van der Waals surface area contributed by atoms with Crippen LogP contribution >= 0.6 is 0 Å². The van der Waals surface area contributed by atoms with Crippen molar-refractivity contribution in [3.8, 4) is 0 Å². The van der Waals surface area contributed by atoms with Crippen LogP contribution in [0, 0.1) is 29.1 Å². The van der Waals surface area contributed by atoms with Gasteiger partial charge in [-0.25, -0.2) is 0 Å². The molecule has 1 N–H and O–H groups in total. The van der Waals surface area contributed by atoms with Gasteiger partial charge in [0.15, 0.2) is 5.78 Å². The molecular weight excluding hydrogens is 380 g/mol. The Hall–Kier alpha value is -1.96. The number of carbonyl (C=O) groups excluding carboxylic acids is 4. The van der Waals surface area contributed by atoms with Crippen LogP contribution in [0.25, 0.3) is 0 Å². The van der Waals surface area contributed by atoms with Gasteiger partial charge in [-0.3, -0.25) is 19.2 Å². The first-order chi connectivity index (χ1) is 13.3. The summed E-state index contributed by atoms with van der Waals surface area (Å²) in [5, 5.41) is 11.2. The molecule has 0 spiro atoms. The number of hydrogen-bond donors (Lipinski definition) is 1. The zero-order valence-electron chi connectivity index (χ0n) is 17.8. The zero-order valence-corrected chi connectivity index (χ0v) is 17.8. The Morgan fingerprint density at radius 2 is 1.83 bits per heavy atom. The van der Waals surface area contributed by atoms with Gasteiger partial charge in [0.25, 0.3) is 0 Å². The van der Waals surface area contributed by atoms with E-state index in [9.17, 15) is 24.3 Å². The van der Waals surface area contributed by atoms with Crippen LogP contribution in [0.15, 0.2) is 0 Å². The number of hydrogen-bond acceptors (Lipinski definition) is 8. The molecule has 0 aromatic rings. The van der Waals surface area contributed by atoms with Crippen molar-refractivity contribution in [3.05, 3.63) is 0 Å². The van der Waals surface area contributed by atoms with Gasteiger partial charge in [-0.15, -0.1) is 0 Å². The number of fused-ring (bicyclic) bond motifs is 4. The van der Waals surface area contributed by atoms with E-state index in [0.29, 0.717) is 0 Å². The summed E-state index contributed by atoms with van der Waals surface area (Å²) in [5.41, 5.74) is -2.82. The molecule has 3 aliphatic rings. The third-order valence-corrected chi connectivity index (χ3v) is 6.94. The normalized spacial score (nSPS) is 44.0. The molecule has 2 aliphatic carbocycles. The largest absolute Gasteiger partial charge is 0.462 e. The molecule has 29 heavy (non-hydrogen) atoms. The highest BCUT2D eigenvalue weighted by molar-refractivity contribution is 5.93. The maximum absolute atomic E-state index is 13.4. The molecule has 0 unspecified atom stereocenters. The van der Waals surface area contributed by atoms with Crippen LogP contribution in [0.4, 0.5) is 0 Å². The number of carbonyl (C=O) groups is 4. The molecule has 8 heteroatoms. The lowest BCUT2D eigenvalue weighted by Gasteiger charge is -2.43. The summed E-state index contributed by atoms with van der Waals surface area (Å²) >= 11 is 0. The van der Waals surface area contributed by atoms with Crippen molar-refractivity contribution >= 4 is 23.7 Å². The van der Waals surface area contributed by atoms with E-state index in [1.807, 2.05) is 0 Å². The Morgan fingerprint density at radius 1 is 1.21 bits per heavy atom. The van der Waals surface area contributed by atoms with Gasteiger partial charge in [0.1, 0.15) is 23.7 Å². The highest BCUT2D eigenvalue weighted by Gasteiger charge is 2.69. The number of Topliss-reactive ketones (excluding diaryl/α,β-unsaturated/α-hetero) is 1. The lowest BCUT2D eigenvalue weighted by molar-refractivity contribution is -0.177. The summed E-state index contributed by atoms with van der Waals surface area (Å²) in [6, 6.07) is 0. The first-order valence-electron chi connectivity index (χ1n) is 10.2. The van der Waals surface area contributed by atoms with E-state index in [2.05, 4.69) is 0 Å². The molecule has 0 radical (unpaired) electrons. The average molecular weight is 410 g/mol. The lowest BCUT2D eigenvalue weighted by atomic mass is 9.65. The molecule has 3 rings (SSSR count). The average Bonchev–Trinajstić information content (AvgIpc) is 3.03. The fourth-order valence-electron chi connectivity index (χ4n) is 5.19. The number of esters is 3. The van der Waals surface area contributed by atoms with Gasteiger partial charge in [0, 0.05) is 19.3 Å². The minimum Gasteiger partial charge on any atom is -0.462 e. The van der Waals surface area contributed by atoms with Crippen LogP contribution in [-0.2, 0) is 33.4 Å². The Labute approximate surface area is 170 Å². The van der Waals surface area contributed by atoms with Crippen LogP contribution in [0.5, 0.6) is 0 Å². The fraction of sp³-hybridized carbons (Fsp3) is 0.810. The third-order valence-electron chi connectivity index (χ3n) is 6.94. The summed E-state index contributed by atoms with van der Waals surface area (Å²) in [4.78, 5) is 50.0. The first-order valence-corrected chi connectivity index (χ1v) is 10.2. The Balaban J connectivity index is 2.12. The van der Waals surface area contributed by atoms with Crippen LogP contribution < -0.4 is 0 Å². The van der Waals surface area contributed by atoms with Gasteiger partial charge in [0.05, 0.1) is 23.4 Å². The molecule has 0 aromatic heterocycles. The van der Waals surface area contributed by atoms with Crippen LogP contribution in [0.2, 0.25) is 0 Å². The Kier molecular flexibility index (Phi) is 5.30. The smallest absolute Gasteiger partial charge is 0.309 e. The molecule has 8 atom stereocenters. The number of aliphatic hydroxyl groups is 1. The van der Waals surface area contributed by atoms with E-state index < -0.39 is 65.0 Å². The molecule has 8 nitrogen and oxygen atoms in total. The SMILES string of the molecule is CC(=O)O[C@H]1C[C@@H]2C(=O)[C@@]1(C)[C@H]1OC(=O)[C@@H](C)[C@@H]1[C@H](OC(=O)C(C)C)C[C@@]2(C)O. The summed E-state index contributed by atoms with van der Waals surface area (Å²) in [6.07, 6.45) is -2.44. The topological polar surface area (TPSA) is 116 Å². The molecule has 1 heterocycles. The summed E-state index contributed by atoms with van der Waals surface area (Å²) in [5.74, 6) is -4.27. The van der Waals surface area contributed by atoms with E-state index >= 15 is 0 Å². The monoisotopic (exact) mass is 410 g/mol. The zero-order chi connectivity index (χ0) is 21.9. The van der Waals surface area contributed by atoms with E-state index in [1.165, 1.54) is 13.8 Å². The van der Waals surface area contributed by atoms with E-state index in [-0.39, 0.29) is 24.5 Å². The van der Waals surface area contributed by atoms with Crippen LogP contribution in [0.1, 0.15) is 54.4 Å². The number of ketones is 1. The number of rotatable bonds is 3. The van der Waals surface area contributed by atoms with Gasteiger partial charge >= 0.3 is 17.9 Å². The highest BCUT2D eigenvalue weighted by Crippen LogP contribution is 2.56. The summed E-state index contributed by atoms with van der Waals surface area (Å²) in [7, 11) is 0. The van der Waals surface area contributed by atoms with E-state index in [1.54, 1.807) is 27.7 Å². The Morgan fingerprint density at radius 3 is 2.38 bits per heavy atom. The van der Waals surface area contributed by atoms with Crippen molar-refractivity contribution in [2.24, 2.45) is 29.1 Å². The van der Waals surface area contributed by atoms with Crippen molar-refractivity contribution in [1.82, 2.24) is 0 Å². The third kappa shape index (κ3) is 3.35. The predicted octanol–water partition coefficient (Wildman–Crippen LogP) is 1.41. The van der Waals surface area contributed by atoms with Gasteiger partial charge in [-0.05, 0) is 20.3 Å². The second-order valence-electron chi connectivity index (χ2n) is 9.45. The van der Waals surface area contributed by atoms with Crippen LogP contribution in [-0.4, -0.2) is 52.7 Å². The molecule has 2 saturated carbocycles. The first kappa shape index (κ1) is 21.7. The maximum atomic E-state index is 13.4. The molecule has 1 aliphatic heterocycles. The predicted molar refractivity (Wildman–Crippen MR) is 99.3 cm³/mol. The van der Waals surface area contributed by atoms with Crippen LogP contribution in [0.3, 0.4) is 0 Å². The maximum Gasteiger partial charge on any atom is 0.309 e. The minimum absolute atomic E-state index is 0.00706. The molecule has 0 amide bonds. The highest BCUT2D eigenvalue weighted by atomic mass is 16.6. The van der Waals surface area contributed by atoms with Gasteiger partial charge in [0.2, 0.25) is 0 Å². The fourth-order valence-corrected chi connectivity index (χ4v) is 5.19. The van der Waals surface area contributed by atoms with Crippen molar-refractivity contribution in [2.45, 2.75) is 78.3 Å². The molecular formula is C21H30O8. The second kappa shape index (κ2) is 7.07. The molecule has 3 fully saturated rings. The number of ether oxygens (including phenoxy) is 3. The lowest BCUT2D eigenvalue weighted by Crippen LogP contribution is -2.56. The van der Waals surface area contributed by atoms with Crippen molar-refractivity contribution in [1.29, 1.82) is 0 Å². The van der Waals surface area contributed by atoms with Crippen molar-refractivity contribution in [2.75, 3.05) is 0 Å². The van der Waals surface area contributed by atoms with E-state index in [4.69, 9.17) is 14.2 Å². The second-order valence-corrected chi connectivity index (χ2v) is 9.45. The van der Waals surface area contributed by atoms with Crippen molar-refractivity contribution in [3.63, 3.8) is 0 Å². The quantitative estimate of drug-likeness (QED) is 0.548. The molecule has 0 aromatic carbocycles. The standard InChI is InChI=1S/C21H30O8/c1-9(2)18(24)28-13-8-20(5,26)12-7-14(27-11(4)22)21(6,16(12)23)17-15(13)10(3)19(25)29-17/h9-10,12-15,17,26H,7-8H2,1-6H3/t10-,12+,13+,14-,15+,17-,20+,21-/m0/s1. The van der Waals surface area contributed by atoms with Gasteiger partial charge in [-0.2, -0.15) is 0 Å². The molecule has 1 saturated heterocycles. The van der Waals surface area contributed by atoms with E-state index in [0.717, 1.165) is 0 Å². The summed E-state index contributed by atoms with van der Waals surface area (Å²) < 4.78 is 16.8. The molecule has 162 valence electrons. The minimum atomic E-state index is -1.49. The van der Waals surface area contributed by atoms with Gasteiger partial charge < -0.3 is 19.3 Å². The van der Waals surface area contributed by atoms with Crippen molar-refractivity contribution < 1.29 is 38.5 Å².